The summed E-state index contributed by atoms with van der Waals surface area (Å²) >= 11 is 0. The monoisotopic (exact) mass is 386 g/mol. The van der Waals surface area contributed by atoms with E-state index in [0.29, 0.717) is 17.0 Å². The van der Waals surface area contributed by atoms with Crippen molar-refractivity contribution in [3.8, 4) is 11.1 Å². The molecule has 0 bridgehead atoms. The number of hydrogen-bond donors (Lipinski definition) is 1. The maximum atomic E-state index is 15.2. The number of benzene rings is 2. The molecule has 0 atom stereocenters. The molecule has 0 heterocycles. The van der Waals surface area contributed by atoms with Gasteiger partial charge in [-0.25, -0.2) is 13.6 Å². The van der Waals surface area contributed by atoms with E-state index in [-0.39, 0.29) is 17.3 Å². The molecule has 0 spiro atoms. The highest BCUT2D eigenvalue weighted by Gasteiger charge is 2.29. The Morgan fingerprint density at radius 3 is 2.29 bits per heavy atom. The lowest BCUT2D eigenvalue weighted by Crippen LogP contribution is -2.16. The number of hydrogen-bond acceptors (Lipinski definition) is 1. The molecular formula is C24H28F2O2. The predicted molar refractivity (Wildman–Crippen MR) is 108 cm³/mol. The van der Waals surface area contributed by atoms with Gasteiger partial charge >= 0.3 is 5.97 Å². The Hall–Kier alpha value is -2.23. The molecule has 1 fully saturated rings. The smallest absolute Gasteiger partial charge is 0.338 e. The van der Waals surface area contributed by atoms with Crippen molar-refractivity contribution >= 4 is 5.97 Å². The summed E-state index contributed by atoms with van der Waals surface area (Å²) in [6, 6.07) is 8.95. The molecule has 0 unspecified atom stereocenters. The Labute approximate surface area is 165 Å². The molecule has 0 aromatic heterocycles. The van der Waals surface area contributed by atoms with E-state index in [1.807, 2.05) is 0 Å². The fraction of sp³-hybridized carbons (Fsp3) is 0.458. The van der Waals surface area contributed by atoms with E-state index in [1.54, 1.807) is 18.2 Å². The van der Waals surface area contributed by atoms with Crippen LogP contribution in [0.5, 0.6) is 0 Å². The highest BCUT2D eigenvalue weighted by atomic mass is 19.1. The van der Waals surface area contributed by atoms with Crippen molar-refractivity contribution in [3.63, 3.8) is 0 Å². The summed E-state index contributed by atoms with van der Waals surface area (Å²) in [7, 11) is 0. The number of carboxylic acids is 1. The van der Waals surface area contributed by atoms with Crippen LogP contribution in [-0.2, 0) is 0 Å². The SMILES string of the molecule is CCCCC[C@H]1CC[C@H](c2c(-c3ccc(F)cc3)ccc(C(=O)O)c2F)CC1. The number of carboxylic acid groups (broad SMARTS) is 1. The number of halogens is 2. The molecule has 2 aromatic rings. The summed E-state index contributed by atoms with van der Waals surface area (Å²) < 4.78 is 28.5. The number of rotatable bonds is 7. The quantitative estimate of drug-likeness (QED) is 0.512. The molecule has 0 aliphatic heterocycles. The summed E-state index contributed by atoms with van der Waals surface area (Å²) in [5.74, 6) is -1.55. The number of carbonyl (C=O) groups is 1. The van der Waals surface area contributed by atoms with Crippen LogP contribution in [0.2, 0.25) is 0 Å². The summed E-state index contributed by atoms with van der Waals surface area (Å²) in [6.45, 7) is 2.20. The topological polar surface area (TPSA) is 37.3 Å². The van der Waals surface area contributed by atoms with Gasteiger partial charge in [-0.05, 0) is 72.4 Å². The van der Waals surface area contributed by atoms with Crippen LogP contribution < -0.4 is 0 Å². The molecule has 4 heteroatoms. The van der Waals surface area contributed by atoms with E-state index in [1.165, 1.54) is 43.9 Å². The zero-order valence-electron chi connectivity index (χ0n) is 16.4. The third-order valence-corrected chi connectivity index (χ3v) is 6.04. The fourth-order valence-electron chi connectivity index (χ4n) is 4.46. The fourth-order valence-corrected chi connectivity index (χ4v) is 4.46. The summed E-state index contributed by atoms with van der Waals surface area (Å²) in [5.41, 5.74) is 1.60. The maximum Gasteiger partial charge on any atom is 0.338 e. The van der Waals surface area contributed by atoms with Gasteiger partial charge in [0.05, 0.1) is 5.56 Å². The van der Waals surface area contributed by atoms with Crippen LogP contribution in [0.25, 0.3) is 11.1 Å². The van der Waals surface area contributed by atoms with Gasteiger partial charge in [0, 0.05) is 0 Å². The first-order chi connectivity index (χ1) is 13.5. The first-order valence-electron chi connectivity index (χ1n) is 10.3. The van der Waals surface area contributed by atoms with Crippen molar-refractivity contribution in [2.75, 3.05) is 0 Å². The second-order valence-electron chi connectivity index (χ2n) is 7.91. The molecule has 28 heavy (non-hydrogen) atoms. The standard InChI is InChI=1S/C24H28F2O2/c1-2-3-4-5-16-6-8-18(9-7-16)22-20(17-10-12-19(25)13-11-17)14-15-21(23(22)26)24(27)28/h10-16,18H,2-9H2,1H3,(H,27,28)/t16-,18-. The van der Waals surface area contributed by atoms with Crippen LogP contribution in [-0.4, -0.2) is 11.1 Å². The molecular weight excluding hydrogens is 358 g/mol. The van der Waals surface area contributed by atoms with Crippen LogP contribution in [0.4, 0.5) is 8.78 Å². The second kappa shape index (κ2) is 9.31. The average Bonchev–Trinajstić information content (AvgIpc) is 2.69. The Kier molecular flexibility index (Phi) is 6.82. The third kappa shape index (κ3) is 4.60. The van der Waals surface area contributed by atoms with E-state index in [0.717, 1.165) is 31.2 Å². The summed E-state index contributed by atoms with van der Waals surface area (Å²) in [6.07, 6.45) is 8.77. The minimum absolute atomic E-state index is 0.00165. The average molecular weight is 386 g/mol. The summed E-state index contributed by atoms with van der Waals surface area (Å²) in [5, 5.41) is 9.36. The minimum atomic E-state index is -1.25. The highest BCUT2D eigenvalue weighted by Crippen LogP contribution is 2.43. The predicted octanol–water partition coefficient (Wildman–Crippen LogP) is 7.18. The number of aromatic carboxylic acids is 1. The van der Waals surface area contributed by atoms with Gasteiger partial charge in [0.15, 0.2) is 0 Å². The number of unbranched alkanes of at least 4 members (excludes halogenated alkanes) is 2. The molecule has 1 aliphatic carbocycles. The Morgan fingerprint density at radius 1 is 1.00 bits per heavy atom. The Morgan fingerprint density at radius 2 is 1.68 bits per heavy atom. The van der Waals surface area contributed by atoms with Gasteiger partial charge < -0.3 is 5.11 Å². The molecule has 0 amide bonds. The van der Waals surface area contributed by atoms with Crippen molar-refractivity contribution < 1.29 is 18.7 Å². The maximum absolute atomic E-state index is 15.2. The van der Waals surface area contributed by atoms with Gasteiger partial charge in [-0.3, -0.25) is 0 Å². The first kappa shape index (κ1) is 20.5. The van der Waals surface area contributed by atoms with E-state index in [9.17, 15) is 14.3 Å². The summed E-state index contributed by atoms with van der Waals surface area (Å²) in [4.78, 5) is 11.5. The zero-order chi connectivity index (χ0) is 20.1. The van der Waals surface area contributed by atoms with E-state index in [2.05, 4.69) is 6.92 Å². The molecule has 150 valence electrons. The molecule has 0 saturated heterocycles. The third-order valence-electron chi connectivity index (χ3n) is 6.04. The van der Waals surface area contributed by atoms with Crippen molar-refractivity contribution in [2.45, 2.75) is 64.2 Å². The molecule has 2 aromatic carbocycles. The van der Waals surface area contributed by atoms with Crippen molar-refractivity contribution in [3.05, 3.63) is 59.2 Å². The van der Waals surface area contributed by atoms with E-state index in [4.69, 9.17) is 0 Å². The van der Waals surface area contributed by atoms with Crippen LogP contribution in [0.3, 0.4) is 0 Å². The largest absolute Gasteiger partial charge is 0.478 e. The van der Waals surface area contributed by atoms with Gasteiger partial charge in [-0.15, -0.1) is 0 Å². The van der Waals surface area contributed by atoms with Crippen molar-refractivity contribution in [1.82, 2.24) is 0 Å². The Bertz CT molecular complexity index is 806. The molecule has 1 N–H and O–H groups in total. The van der Waals surface area contributed by atoms with Gasteiger partial charge in [-0.1, -0.05) is 50.8 Å². The van der Waals surface area contributed by atoms with Crippen LogP contribution in [0.1, 0.15) is 80.1 Å². The molecule has 2 nitrogen and oxygen atoms in total. The van der Waals surface area contributed by atoms with E-state index < -0.39 is 11.8 Å². The van der Waals surface area contributed by atoms with Gasteiger partial charge in [-0.2, -0.15) is 0 Å². The lowest BCUT2D eigenvalue weighted by Gasteiger charge is -2.30. The second-order valence-corrected chi connectivity index (χ2v) is 7.91. The van der Waals surface area contributed by atoms with Gasteiger partial charge in [0.2, 0.25) is 0 Å². The van der Waals surface area contributed by atoms with E-state index >= 15 is 4.39 Å². The van der Waals surface area contributed by atoms with Crippen LogP contribution >= 0.6 is 0 Å². The lowest BCUT2D eigenvalue weighted by atomic mass is 9.75. The van der Waals surface area contributed by atoms with Gasteiger partial charge in [0.25, 0.3) is 0 Å². The molecule has 0 radical (unpaired) electrons. The lowest BCUT2D eigenvalue weighted by molar-refractivity contribution is 0.0691. The van der Waals surface area contributed by atoms with Crippen LogP contribution in [0.15, 0.2) is 36.4 Å². The van der Waals surface area contributed by atoms with Gasteiger partial charge in [0.1, 0.15) is 11.6 Å². The minimum Gasteiger partial charge on any atom is -0.478 e. The first-order valence-corrected chi connectivity index (χ1v) is 10.3. The molecule has 1 saturated carbocycles. The van der Waals surface area contributed by atoms with Crippen molar-refractivity contribution in [1.29, 1.82) is 0 Å². The zero-order valence-corrected chi connectivity index (χ0v) is 16.4. The molecule has 1 aliphatic rings. The Balaban J connectivity index is 1.89. The highest BCUT2D eigenvalue weighted by molar-refractivity contribution is 5.89. The van der Waals surface area contributed by atoms with Crippen molar-refractivity contribution in [2.24, 2.45) is 5.92 Å². The van der Waals surface area contributed by atoms with Crippen LogP contribution in [0, 0.1) is 17.6 Å². The normalized spacial score (nSPS) is 19.5. The molecule has 3 rings (SSSR count).